The molecule has 1 aliphatic heterocycles. The fraction of sp³-hybridized carbons (Fsp3) is 0.524. The average molecular weight is 467 g/mol. The van der Waals surface area contributed by atoms with Crippen LogP contribution in [0, 0.1) is 0 Å². The van der Waals surface area contributed by atoms with Crippen molar-refractivity contribution in [3.05, 3.63) is 29.8 Å². The van der Waals surface area contributed by atoms with Gasteiger partial charge in [0.05, 0.1) is 6.04 Å². The van der Waals surface area contributed by atoms with Crippen LogP contribution in [0.15, 0.2) is 24.3 Å². The normalized spacial score (nSPS) is 17.2. The molecule has 3 amide bonds. The van der Waals surface area contributed by atoms with Crippen molar-refractivity contribution in [1.82, 2.24) is 21.3 Å². The van der Waals surface area contributed by atoms with Crippen molar-refractivity contribution in [1.29, 1.82) is 0 Å². The number of carbonyl (C=O) groups is 4. The highest BCUT2D eigenvalue weighted by atomic mass is 32.2. The van der Waals surface area contributed by atoms with E-state index in [-0.39, 0.29) is 24.1 Å². The smallest absolute Gasteiger partial charge is 0.322 e. The number of carbonyl (C=O) groups excluding carboxylic acids is 3. The molecule has 32 heavy (non-hydrogen) atoms. The van der Waals surface area contributed by atoms with Crippen molar-refractivity contribution >= 4 is 35.5 Å². The summed E-state index contributed by atoms with van der Waals surface area (Å²) in [5.41, 5.74) is 0.721. The Balaban J connectivity index is 2.13. The van der Waals surface area contributed by atoms with Crippen LogP contribution in [0.2, 0.25) is 0 Å². The van der Waals surface area contributed by atoms with Gasteiger partial charge in [0.2, 0.25) is 17.7 Å². The molecule has 0 saturated carbocycles. The summed E-state index contributed by atoms with van der Waals surface area (Å²) >= 11 is 1.49. The van der Waals surface area contributed by atoms with Crippen molar-refractivity contribution in [3.8, 4) is 5.75 Å². The van der Waals surface area contributed by atoms with Crippen LogP contribution in [-0.4, -0.2) is 77.1 Å². The lowest BCUT2D eigenvalue weighted by molar-refractivity contribution is -0.138. The Bertz CT molecular complexity index is 798. The lowest BCUT2D eigenvalue weighted by Gasteiger charge is -2.24. The van der Waals surface area contributed by atoms with Gasteiger partial charge in [0.1, 0.15) is 24.4 Å². The molecule has 10 nitrogen and oxygen atoms in total. The van der Waals surface area contributed by atoms with E-state index in [1.165, 1.54) is 23.9 Å². The van der Waals surface area contributed by atoms with Crippen LogP contribution in [0.4, 0.5) is 0 Å². The Hall–Kier alpha value is -2.79. The third kappa shape index (κ3) is 8.39. The van der Waals surface area contributed by atoms with Crippen LogP contribution in [-0.2, 0) is 25.6 Å². The van der Waals surface area contributed by atoms with E-state index >= 15 is 0 Å². The summed E-state index contributed by atoms with van der Waals surface area (Å²) in [5.74, 6) is -1.96. The Morgan fingerprint density at radius 3 is 2.44 bits per heavy atom. The maximum absolute atomic E-state index is 13.1. The number of thioether (sulfide) groups is 1. The van der Waals surface area contributed by atoms with E-state index in [0.717, 1.165) is 18.5 Å². The van der Waals surface area contributed by atoms with E-state index in [1.807, 2.05) is 6.26 Å². The summed E-state index contributed by atoms with van der Waals surface area (Å²) in [6, 6.07) is 4.03. The van der Waals surface area contributed by atoms with Gasteiger partial charge in [-0.15, -0.1) is 0 Å². The zero-order chi connectivity index (χ0) is 23.5. The van der Waals surface area contributed by atoms with Gasteiger partial charge < -0.3 is 31.5 Å². The number of phenols is 1. The third-order valence-electron chi connectivity index (χ3n) is 5.04. The molecule has 0 aromatic heterocycles. The second-order valence-corrected chi connectivity index (χ2v) is 8.52. The number of amides is 3. The number of carboxylic acids is 1. The molecule has 0 bridgehead atoms. The Morgan fingerprint density at radius 2 is 1.84 bits per heavy atom. The minimum atomic E-state index is -1.19. The molecule has 2 rings (SSSR count). The minimum Gasteiger partial charge on any atom is -0.508 e. The largest absolute Gasteiger partial charge is 0.508 e. The van der Waals surface area contributed by atoms with E-state index in [9.17, 15) is 24.3 Å². The van der Waals surface area contributed by atoms with Crippen LogP contribution in [0.1, 0.15) is 24.8 Å². The minimum absolute atomic E-state index is 0.0844. The molecule has 3 atom stereocenters. The summed E-state index contributed by atoms with van der Waals surface area (Å²) in [5, 5.41) is 29.1. The van der Waals surface area contributed by atoms with Crippen LogP contribution in [0.5, 0.6) is 5.75 Å². The molecule has 1 heterocycles. The number of nitrogens with one attached hydrogen (secondary N) is 4. The number of phenolic OH excluding ortho intramolecular Hbond substituents is 1. The molecule has 1 aromatic rings. The van der Waals surface area contributed by atoms with E-state index < -0.39 is 36.4 Å². The quantitative estimate of drug-likeness (QED) is 0.243. The summed E-state index contributed by atoms with van der Waals surface area (Å²) in [7, 11) is 0. The Morgan fingerprint density at radius 1 is 1.12 bits per heavy atom. The van der Waals surface area contributed by atoms with Crippen molar-refractivity contribution in [2.45, 2.75) is 43.8 Å². The topological polar surface area (TPSA) is 157 Å². The molecule has 176 valence electrons. The molecule has 1 aliphatic rings. The molecule has 6 N–H and O–H groups in total. The van der Waals surface area contributed by atoms with E-state index in [0.29, 0.717) is 18.6 Å². The maximum atomic E-state index is 13.1. The molecule has 11 heteroatoms. The Labute approximate surface area is 190 Å². The monoisotopic (exact) mass is 466 g/mol. The standard InChI is InChI=1S/C21H30N4O6S/c1-32-10-8-16(19(29)23-12-18(27)28)24-21(31)17(11-13-4-6-14(26)7-5-13)25-20(30)15-3-2-9-22-15/h4-7,15-17,22,26H,2-3,8-12H2,1H3,(H,23,29)(H,24,31)(H,25,30)(H,27,28). The molecule has 1 aromatic carbocycles. The zero-order valence-electron chi connectivity index (χ0n) is 17.9. The van der Waals surface area contributed by atoms with Crippen LogP contribution >= 0.6 is 11.8 Å². The first-order chi connectivity index (χ1) is 15.3. The fourth-order valence-corrected chi connectivity index (χ4v) is 3.79. The first kappa shape index (κ1) is 25.5. The van der Waals surface area contributed by atoms with Crippen LogP contribution in [0.25, 0.3) is 0 Å². The van der Waals surface area contributed by atoms with Gasteiger partial charge in [0.15, 0.2) is 0 Å². The van der Waals surface area contributed by atoms with Crippen LogP contribution < -0.4 is 21.3 Å². The number of aromatic hydroxyl groups is 1. The van der Waals surface area contributed by atoms with Gasteiger partial charge in [-0.25, -0.2) is 0 Å². The lowest BCUT2D eigenvalue weighted by atomic mass is 10.0. The maximum Gasteiger partial charge on any atom is 0.322 e. The van der Waals surface area contributed by atoms with Crippen molar-refractivity contribution in [2.75, 3.05) is 25.1 Å². The number of aliphatic carboxylic acids is 1. The van der Waals surface area contributed by atoms with Gasteiger partial charge >= 0.3 is 5.97 Å². The van der Waals surface area contributed by atoms with Crippen molar-refractivity contribution in [2.24, 2.45) is 0 Å². The molecule has 1 fully saturated rings. The zero-order valence-corrected chi connectivity index (χ0v) is 18.7. The highest BCUT2D eigenvalue weighted by Gasteiger charge is 2.30. The van der Waals surface area contributed by atoms with Gasteiger partial charge in [-0.1, -0.05) is 12.1 Å². The number of hydrogen-bond donors (Lipinski definition) is 6. The number of carboxylic acid groups (broad SMARTS) is 1. The molecule has 0 aliphatic carbocycles. The van der Waals surface area contributed by atoms with Gasteiger partial charge in [-0.05, 0) is 55.5 Å². The number of hydrogen-bond acceptors (Lipinski definition) is 7. The molecule has 1 saturated heterocycles. The third-order valence-corrected chi connectivity index (χ3v) is 5.69. The predicted octanol–water partition coefficient (Wildman–Crippen LogP) is -0.390. The highest BCUT2D eigenvalue weighted by Crippen LogP contribution is 2.13. The summed E-state index contributed by atoms with van der Waals surface area (Å²) in [4.78, 5) is 48.9. The first-order valence-electron chi connectivity index (χ1n) is 10.4. The van der Waals surface area contributed by atoms with Gasteiger partial charge in [-0.3, -0.25) is 19.2 Å². The predicted molar refractivity (Wildman–Crippen MR) is 120 cm³/mol. The van der Waals surface area contributed by atoms with Crippen molar-refractivity contribution < 1.29 is 29.4 Å². The van der Waals surface area contributed by atoms with Crippen molar-refractivity contribution in [3.63, 3.8) is 0 Å². The van der Waals surface area contributed by atoms with Crippen LogP contribution in [0.3, 0.4) is 0 Å². The molecular formula is C21H30N4O6S. The molecule has 0 radical (unpaired) electrons. The van der Waals surface area contributed by atoms with E-state index in [2.05, 4.69) is 21.3 Å². The van der Waals surface area contributed by atoms with E-state index in [4.69, 9.17) is 5.11 Å². The SMILES string of the molecule is CSCCC(NC(=O)C(Cc1ccc(O)cc1)NC(=O)C1CCCN1)C(=O)NCC(=O)O. The number of benzene rings is 1. The lowest BCUT2D eigenvalue weighted by Crippen LogP contribution is -2.56. The second kappa shape index (κ2) is 12.9. The van der Waals surface area contributed by atoms with Gasteiger partial charge in [-0.2, -0.15) is 11.8 Å². The summed E-state index contributed by atoms with van der Waals surface area (Å²) < 4.78 is 0. The second-order valence-electron chi connectivity index (χ2n) is 7.53. The van der Waals surface area contributed by atoms with Gasteiger partial charge in [0, 0.05) is 6.42 Å². The molecular weight excluding hydrogens is 436 g/mol. The molecule has 0 spiro atoms. The molecule has 3 unspecified atom stereocenters. The first-order valence-corrected chi connectivity index (χ1v) is 11.8. The summed E-state index contributed by atoms with van der Waals surface area (Å²) in [6.07, 6.45) is 3.87. The Kier molecular flexibility index (Phi) is 10.3. The average Bonchev–Trinajstić information content (AvgIpc) is 3.31. The number of rotatable bonds is 12. The van der Waals surface area contributed by atoms with E-state index in [1.54, 1.807) is 12.1 Å². The highest BCUT2D eigenvalue weighted by molar-refractivity contribution is 7.98. The summed E-state index contributed by atoms with van der Waals surface area (Å²) in [6.45, 7) is 0.179. The fourth-order valence-electron chi connectivity index (χ4n) is 3.32. The van der Waals surface area contributed by atoms with Gasteiger partial charge in [0.25, 0.3) is 0 Å².